The molecule has 1 aliphatic carbocycles. The van der Waals surface area contributed by atoms with Gasteiger partial charge in [0.05, 0.1) is 5.41 Å². The van der Waals surface area contributed by atoms with E-state index in [0.29, 0.717) is 0 Å². The van der Waals surface area contributed by atoms with Crippen LogP contribution in [0.5, 0.6) is 0 Å². The lowest BCUT2D eigenvalue weighted by atomic mass is 9.67. The summed E-state index contributed by atoms with van der Waals surface area (Å²) in [5.74, 6) is 0. The van der Waals surface area contributed by atoms with Crippen LogP contribution in [-0.4, -0.2) is 0 Å². The molecule has 13 rings (SSSR count). The highest BCUT2D eigenvalue weighted by Gasteiger charge is 2.46. The molecule has 360 valence electrons. The molecule has 0 amide bonds. The number of hydrogen-bond donors (Lipinski definition) is 0. The second-order valence-corrected chi connectivity index (χ2v) is 19.3. The Bertz CT molecular complexity index is 3580. The molecule has 0 aliphatic heterocycles. The number of nitrogens with zero attached hydrogens (tertiary/aromatic N) is 3. The van der Waals surface area contributed by atoms with E-state index in [0.717, 1.165) is 73.4 Å². The first kappa shape index (κ1) is 45.9. The minimum absolute atomic E-state index is 0.532. The van der Waals surface area contributed by atoms with Crippen molar-refractivity contribution in [3.8, 4) is 33.4 Å². The summed E-state index contributed by atoms with van der Waals surface area (Å²) in [6.45, 7) is 0. The van der Waals surface area contributed by atoms with Crippen LogP contribution >= 0.6 is 0 Å². The van der Waals surface area contributed by atoms with Crippen molar-refractivity contribution in [3.05, 3.63) is 344 Å². The van der Waals surface area contributed by atoms with Gasteiger partial charge in [-0.1, -0.05) is 212 Å². The van der Waals surface area contributed by atoms with Crippen LogP contribution in [0.4, 0.5) is 51.2 Å². The lowest BCUT2D eigenvalue weighted by molar-refractivity contribution is 0.768. The van der Waals surface area contributed by atoms with E-state index in [1.165, 1.54) is 33.4 Å². The highest BCUT2D eigenvalue weighted by molar-refractivity contribution is 5.90. The largest absolute Gasteiger partial charge is 0.311 e. The third-order valence-corrected chi connectivity index (χ3v) is 14.9. The molecular formula is C73H53N3. The summed E-state index contributed by atoms with van der Waals surface area (Å²) in [6, 6.07) is 116. The van der Waals surface area contributed by atoms with Crippen molar-refractivity contribution >= 4 is 51.2 Å². The van der Waals surface area contributed by atoms with Crippen LogP contribution in [0.1, 0.15) is 22.3 Å². The molecule has 0 saturated heterocycles. The van der Waals surface area contributed by atoms with Crippen molar-refractivity contribution in [2.45, 2.75) is 5.41 Å². The van der Waals surface area contributed by atoms with Crippen molar-refractivity contribution in [3.63, 3.8) is 0 Å². The van der Waals surface area contributed by atoms with Crippen molar-refractivity contribution in [2.75, 3.05) is 14.7 Å². The molecule has 0 unspecified atom stereocenters. The van der Waals surface area contributed by atoms with Gasteiger partial charge in [-0.15, -0.1) is 0 Å². The molecule has 0 heterocycles. The van der Waals surface area contributed by atoms with E-state index < -0.39 is 5.41 Å². The van der Waals surface area contributed by atoms with E-state index in [1.807, 2.05) is 0 Å². The topological polar surface area (TPSA) is 9.72 Å². The molecule has 0 atom stereocenters. The maximum Gasteiger partial charge on any atom is 0.0714 e. The molecule has 0 radical (unpaired) electrons. The van der Waals surface area contributed by atoms with E-state index >= 15 is 0 Å². The van der Waals surface area contributed by atoms with E-state index in [2.05, 4.69) is 336 Å². The summed E-state index contributed by atoms with van der Waals surface area (Å²) in [5.41, 5.74) is 21.5. The van der Waals surface area contributed by atoms with Gasteiger partial charge in [-0.25, -0.2) is 0 Å². The zero-order chi connectivity index (χ0) is 50.7. The maximum atomic E-state index is 2.45. The molecule has 12 aromatic carbocycles. The van der Waals surface area contributed by atoms with Gasteiger partial charge in [-0.3, -0.25) is 0 Å². The summed E-state index contributed by atoms with van der Waals surface area (Å²) in [5, 5.41) is 0. The molecule has 1 aliphatic rings. The predicted molar refractivity (Wildman–Crippen MR) is 319 cm³/mol. The van der Waals surface area contributed by atoms with Gasteiger partial charge in [0.15, 0.2) is 0 Å². The average molecular weight is 972 g/mol. The second kappa shape index (κ2) is 20.2. The number of para-hydroxylation sites is 4. The fourth-order valence-electron chi connectivity index (χ4n) is 11.4. The van der Waals surface area contributed by atoms with Gasteiger partial charge < -0.3 is 14.7 Å². The van der Waals surface area contributed by atoms with Gasteiger partial charge in [-0.2, -0.15) is 0 Å². The van der Waals surface area contributed by atoms with Crippen LogP contribution in [0, 0.1) is 0 Å². The Morgan fingerprint density at radius 1 is 0.184 bits per heavy atom. The SMILES string of the molecule is c1ccc(N(c2ccccc2)c2ccc(-c3ccc(N(c4ccc(-c5ccc(N(c6ccccc6)c6ccccc6)cc5)cc4)c4ccc5c(c4)C(c4ccccc4)(c4ccccc4)c4ccccc4-5)cc3)cc2)cc1. The van der Waals surface area contributed by atoms with Crippen LogP contribution in [0.3, 0.4) is 0 Å². The van der Waals surface area contributed by atoms with Gasteiger partial charge in [0, 0.05) is 51.2 Å². The van der Waals surface area contributed by atoms with Crippen molar-refractivity contribution in [1.82, 2.24) is 0 Å². The standard InChI is InChI=1S/C73H53N3/c1-7-21-58(22-8-1)73(59-23-9-2-10-24-59)71-34-20-19-33-69(71)70-52-51-68(53-72(70)73)76(66-47-39-56(40-48-66)54-35-43-64(44-36-54)74(60-25-11-3-12-26-60)61-27-13-4-14-28-61)67-49-41-57(42-50-67)55-37-45-65(46-38-55)75(62-29-15-5-16-30-62)63-31-17-6-18-32-63/h1-53H. The molecule has 0 spiro atoms. The molecule has 0 saturated carbocycles. The zero-order valence-corrected chi connectivity index (χ0v) is 41.9. The Labute approximate surface area is 446 Å². The smallest absolute Gasteiger partial charge is 0.0714 e. The number of hydrogen-bond acceptors (Lipinski definition) is 3. The monoisotopic (exact) mass is 971 g/mol. The van der Waals surface area contributed by atoms with Gasteiger partial charge in [0.2, 0.25) is 0 Å². The van der Waals surface area contributed by atoms with E-state index in [1.54, 1.807) is 0 Å². The first-order valence-corrected chi connectivity index (χ1v) is 26.1. The van der Waals surface area contributed by atoms with Crippen molar-refractivity contribution < 1.29 is 0 Å². The van der Waals surface area contributed by atoms with Crippen LogP contribution in [0.25, 0.3) is 33.4 Å². The summed E-state index contributed by atoms with van der Waals surface area (Å²) in [7, 11) is 0. The Hall–Kier alpha value is -9.96. The van der Waals surface area contributed by atoms with E-state index in [4.69, 9.17) is 0 Å². The Balaban J connectivity index is 0.897. The molecular weight excluding hydrogens is 919 g/mol. The Morgan fingerprint density at radius 2 is 0.434 bits per heavy atom. The third-order valence-electron chi connectivity index (χ3n) is 14.9. The highest BCUT2D eigenvalue weighted by Crippen LogP contribution is 2.57. The fourth-order valence-corrected chi connectivity index (χ4v) is 11.4. The molecule has 3 nitrogen and oxygen atoms in total. The van der Waals surface area contributed by atoms with Gasteiger partial charge >= 0.3 is 0 Å². The maximum absolute atomic E-state index is 2.45. The first-order valence-electron chi connectivity index (χ1n) is 26.1. The molecule has 0 N–H and O–H groups in total. The van der Waals surface area contributed by atoms with Crippen molar-refractivity contribution in [1.29, 1.82) is 0 Å². The van der Waals surface area contributed by atoms with Crippen LogP contribution in [0.2, 0.25) is 0 Å². The molecule has 0 fully saturated rings. The minimum atomic E-state index is -0.532. The molecule has 0 bridgehead atoms. The molecule has 76 heavy (non-hydrogen) atoms. The third kappa shape index (κ3) is 8.40. The van der Waals surface area contributed by atoms with E-state index in [9.17, 15) is 0 Å². The summed E-state index contributed by atoms with van der Waals surface area (Å²) in [6.07, 6.45) is 0. The molecule has 12 aromatic rings. The van der Waals surface area contributed by atoms with Crippen LogP contribution in [0.15, 0.2) is 322 Å². The normalized spacial score (nSPS) is 12.1. The highest BCUT2D eigenvalue weighted by atomic mass is 15.2. The quantitative estimate of drug-likeness (QED) is 0.114. The second-order valence-electron chi connectivity index (χ2n) is 19.3. The first-order chi connectivity index (χ1) is 37.7. The summed E-state index contributed by atoms with van der Waals surface area (Å²) in [4.78, 5) is 7.02. The van der Waals surface area contributed by atoms with Crippen molar-refractivity contribution in [2.24, 2.45) is 0 Å². The minimum Gasteiger partial charge on any atom is -0.311 e. The number of rotatable bonds is 13. The molecule has 3 heteroatoms. The molecule has 0 aromatic heterocycles. The van der Waals surface area contributed by atoms with Crippen LogP contribution in [-0.2, 0) is 5.41 Å². The fraction of sp³-hybridized carbons (Fsp3) is 0.0137. The van der Waals surface area contributed by atoms with Crippen LogP contribution < -0.4 is 14.7 Å². The van der Waals surface area contributed by atoms with E-state index in [-0.39, 0.29) is 0 Å². The van der Waals surface area contributed by atoms with Gasteiger partial charge in [0.25, 0.3) is 0 Å². The zero-order valence-electron chi connectivity index (χ0n) is 41.9. The van der Waals surface area contributed by atoms with Gasteiger partial charge in [0.1, 0.15) is 0 Å². The Kier molecular flexibility index (Phi) is 12.2. The average Bonchev–Trinajstić information content (AvgIpc) is 3.97. The summed E-state index contributed by atoms with van der Waals surface area (Å²) < 4.78 is 0. The lowest BCUT2D eigenvalue weighted by Gasteiger charge is -2.35. The number of benzene rings is 12. The number of fused-ring (bicyclic) bond motifs is 3. The Morgan fingerprint density at radius 3 is 0.776 bits per heavy atom. The summed E-state index contributed by atoms with van der Waals surface area (Å²) >= 11 is 0. The lowest BCUT2D eigenvalue weighted by Crippen LogP contribution is -2.28. The van der Waals surface area contributed by atoms with Gasteiger partial charge in [-0.05, 0) is 165 Å². The number of anilines is 9. The predicted octanol–water partition coefficient (Wildman–Crippen LogP) is 19.8.